The molecule has 4 heteroatoms. The number of carbonyl (C=O) groups is 1. The largest absolute Gasteiger partial charge is 0.493 e. The fourth-order valence-electron chi connectivity index (χ4n) is 4.85. The van der Waals surface area contributed by atoms with E-state index in [1.165, 1.54) is 75.3 Å². The molecule has 2 aromatic carbocycles. The fourth-order valence-corrected chi connectivity index (χ4v) is 4.85. The summed E-state index contributed by atoms with van der Waals surface area (Å²) in [5, 5.41) is 0. The van der Waals surface area contributed by atoms with E-state index in [-0.39, 0.29) is 5.97 Å². The van der Waals surface area contributed by atoms with E-state index in [1.807, 2.05) is 6.07 Å². The summed E-state index contributed by atoms with van der Waals surface area (Å²) in [6.07, 6.45) is 16.8. The number of benzene rings is 2. The molecule has 0 spiro atoms. The van der Waals surface area contributed by atoms with Crippen LogP contribution in [0.3, 0.4) is 0 Å². The predicted molar refractivity (Wildman–Crippen MR) is 159 cm³/mol. The van der Waals surface area contributed by atoms with Crippen LogP contribution in [0.2, 0.25) is 0 Å². The molecule has 212 valence electrons. The average Bonchev–Trinajstić information content (AvgIpc) is 2.91. The fraction of sp³-hybridized carbons (Fsp3) is 0.618. The number of quaternary nitrogens is 1. The second-order valence-corrected chi connectivity index (χ2v) is 11.4. The van der Waals surface area contributed by atoms with Gasteiger partial charge in [0.1, 0.15) is 12.3 Å². The molecule has 38 heavy (non-hydrogen) atoms. The van der Waals surface area contributed by atoms with Crippen LogP contribution in [0, 0.1) is 0 Å². The monoisotopic (exact) mass is 524 g/mol. The molecular weight excluding hydrogens is 470 g/mol. The molecule has 0 atom stereocenters. The van der Waals surface area contributed by atoms with Gasteiger partial charge in [-0.3, -0.25) is 4.79 Å². The van der Waals surface area contributed by atoms with E-state index < -0.39 is 0 Å². The highest BCUT2D eigenvalue weighted by atomic mass is 16.5. The second kappa shape index (κ2) is 19.7. The maximum absolute atomic E-state index is 12.2. The van der Waals surface area contributed by atoms with Crippen molar-refractivity contribution in [2.45, 2.75) is 103 Å². The zero-order chi connectivity index (χ0) is 27.3. The number of nitrogens with zero attached hydrogens (tertiary/aromatic N) is 1. The quantitative estimate of drug-likeness (QED) is 0.0879. The van der Waals surface area contributed by atoms with Crippen molar-refractivity contribution in [2.24, 2.45) is 0 Å². The van der Waals surface area contributed by atoms with Crippen LogP contribution in [-0.4, -0.2) is 44.3 Å². The Morgan fingerprint density at radius 3 is 2.03 bits per heavy atom. The number of para-hydroxylation sites is 1. The third kappa shape index (κ3) is 15.2. The molecular formula is C34H54NO3+. The van der Waals surface area contributed by atoms with Gasteiger partial charge in [-0.05, 0) is 37.3 Å². The lowest BCUT2D eigenvalue weighted by molar-refractivity contribution is -0.903. The summed E-state index contributed by atoms with van der Waals surface area (Å²) >= 11 is 0. The van der Waals surface area contributed by atoms with Gasteiger partial charge in [-0.25, -0.2) is 0 Å². The summed E-state index contributed by atoms with van der Waals surface area (Å²) in [5.74, 6) is 0.908. The zero-order valence-corrected chi connectivity index (χ0v) is 24.6. The van der Waals surface area contributed by atoms with Crippen LogP contribution in [0.4, 0.5) is 0 Å². The Hall–Kier alpha value is -2.33. The van der Waals surface area contributed by atoms with Gasteiger partial charge in [-0.1, -0.05) is 113 Å². The molecule has 0 unspecified atom stereocenters. The first-order valence-electron chi connectivity index (χ1n) is 15.2. The summed E-state index contributed by atoms with van der Waals surface area (Å²) in [4.78, 5) is 12.2. The van der Waals surface area contributed by atoms with Crippen molar-refractivity contribution in [3.8, 4) is 5.75 Å². The van der Waals surface area contributed by atoms with Crippen molar-refractivity contribution in [1.29, 1.82) is 0 Å². The van der Waals surface area contributed by atoms with Crippen molar-refractivity contribution < 1.29 is 18.8 Å². The molecule has 2 aromatic rings. The Morgan fingerprint density at radius 2 is 1.32 bits per heavy atom. The molecule has 4 nitrogen and oxygen atoms in total. The van der Waals surface area contributed by atoms with Crippen molar-refractivity contribution >= 4 is 5.97 Å². The minimum atomic E-state index is -0.105. The molecule has 0 radical (unpaired) electrons. The van der Waals surface area contributed by atoms with Crippen molar-refractivity contribution in [2.75, 3.05) is 33.9 Å². The van der Waals surface area contributed by atoms with Crippen molar-refractivity contribution in [3.05, 3.63) is 65.7 Å². The zero-order valence-electron chi connectivity index (χ0n) is 24.6. The molecule has 0 heterocycles. The third-order valence-corrected chi connectivity index (χ3v) is 7.21. The van der Waals surface area contributed by atoms with Gasteiger partial charge in [0.2, 0.25) is 0 Å². The lowest BCUT2D eigenvalue weighted by atomic mass is 10.0. The van der Waals surface area contributed by atoms with Crippen LogP contribution in [0.25, 0.3) is 0 Å². The molecule has 0 aliphatic rings. The van der Waals surface area contributed by atoms with Crippen LogP contribution in [-0.2, 0) is 22.5 Å². The van der Waals surface area contributed by atoms with Crippen molar-refractivity contribution in [1.82, 2.24) is 0 Å². The van der Waals surface area contributed by atoms with Gasteiger partial charge in [-0.2, -0.15) is 0 Å². The molecule has 0 fully saturated rings. The normalized spacial score (nSPS) is 11.4. The number of esters is 1. The number of carbonyl (C=O) groups excluding carboxylic acids is 1. The molecule has 0 N–H and O–H groups in total. The van der Waals surface area contributed by atoms with Crippen LogP contribution in [0.5, 0.6) is 5.75 Å². The number of hydrogen-bond acceptors (Lipinski definition) is 3. The predicted octanol–water partition coefficient (Wildman–Crippen LogP) is 8.52. The molecule has 0 saturated heterocycles. The van der Waals surface area contributed by atoms with Gasteiger partial charge in [0.15, 0.2) is 0 Å². The molecule has 0 amide bonds. The molecule has 0 aliphatic heterocycles. The van der Waals surface area contributed by atoms with Gasteiger partial charge < -0.3 is 14.0 Å². The lowest BCUT2D eigenvalue weighted by Gasteiger charge is -2.29. The van der Waals surface area contributed by atoms with E-state index in [2.05, 4.69) is 69.6 Å². The number of rotatable bonds is 22. The Morgan fingerprint density at radius 1 is 0.711 bits per heavy atom. The van der Waals surface area contributed by atoms with E-state index in [9.17, 15) is 4.79 Å². The van der Waals surface area contributed by atoms with E-state index in [0.717, 1.165) is 42.6 Å². The topological polar surface area (TPSA) is 35.5 Å². The first-order chi connectivity index (χ1) is 18.5. The summed E-state index contributed by atoms with van der Waals surface area (Å²) in [6.45, 7) is 5.08. The first kappa shape index (κ1) is 31.9. The van der Waals surface area contributed by atoms with E-state index in [4.69, 9.17) is 9.47 Å². The number of hydrogen-bond donors (Lipinski definition) is 0. The maximum Gasteiger partial charge on any atom is 0.311 e. The van der Waals surface area contributed by atoms with Crippen LogP contribution in [0.15, 0.2) is 54.6 Å². The highest BCUT2D eigenvalue weighted by molar-refractivity contribution is 5.69. The highest BCUT2D eigenvalue weighted by Crippen LogP contribution is 2.21. The number of unbranched alkanes of at least 4 members (excludes halogenated alkanes) is 10. The van der Waals surface area contributed by atoms with Gasteiger partial charge in [0, 0.05) is 5.56 Å². The summed E-state index contributed by atoms with van der Waals surface area (Å²) in [7, 11) is 4.32. The number of ether oxygens (including phenoxy) is 2. The van der Waals surface area contributed by atoms with Crippen LogP contribution in [0.1, 0.15) is 102 Å². The molecule has 2 rings (SSSR count). The maximum atomic E-state index is 12.2. The molecule has 0 saturated carbocycles. The standard InChI is InChI=1S/C34H54NO3/c1-4-5-6-7-8-9-10-11-12-16-23-32-24-17-18-25-33(32)37-28-19-20-29-38-34(36)26-27-35(2,3)30-31-21-14-13-15-22-31/h13-15,17-18,21-22,24-25H,4-12,16,19-20,23,26-30H2,1-3H3/q+1. The Kier molecular flexibility index (Phi) is 16.5. The van der Waals surface area contributed by atoms with E-state index >= 15 is 0 Å². The molecule has 0 aliphatic carbocycles. The van der Waals surface area contributed by atoms with Gasteiger partial charge in [0.05, 0.1) is 40.3 Å². The molecule has 0 bridgehead atoms. The second-order valence-electron chi connectivity index (χ2n) is 11.4. The number of aryl methyl sites for hydroxylation is 1. The van der Waals surface area contributed by atoms with Crippen molar-refractivity contribution in [3.63, 3.8) is 0 Å². The minimum Gasteiger partial charge on any atom is -0.493 e. The Labute approximate surface area is 233 Å². The molecule has 0 aromatic heterocycles. The minimum absolute atomic E-state index is 0.105. The summed E-state index contributed by atoms with van der Waals surface area (Å²) < 4.78 is 12.3. The van der Waals surface area contributed by atoms with Crippen LogP contribution >= 0.6 is 0 Å². The van der Waals surface area contributed by atoms with E-state index in [1.54, 1.807) is 0 Å². The van der Waals surface area contributed by atoms with Gasteiger partial charge >= 0.3 is 5.97 Å². The lowest BCUT2D eigenvalue weighted by Crippen LogP contribution is -2.40. The van der Waals surface area contributed by atoms with Gasteiger partial charge in [-0.15, -0.1) is 0 Å². The van der Waals surface area contributed by atoms with Gasteiger partial charge in [0.25, 0.3) is 0 Å². The SMILES string of the molecule is CCCCCCCCCCCCc1ccccc1OCCCCOC(=O)CC[N+](C)(C)Cc1ccccc1. The summed E-state index contributed by atoms with van der Waals surface area (Å²) in [6, 6.07) is 18.9. The first-order valence-corrected chi connectivity index (χ1v) is 15.2. The van der Waals surface area contributed by atoms with E-state index in [0.29, 0.717) is 19.6 Å². The highest BCUT2D eigenvalue weighted by Gasteiger charge is 2.18. The summed E-state index contributed by atoms with van der Waals surface area (Å²) in [5.41, 5.74) is 2.60. The average molecular weight is 525 g/mol. The Bertz CT molecular complexity index is 865. The van der Waals surface area contributed by atoms with Crippen LogP contribution < -0.4 is 4.74 Å². The Balaban J connectivity index is 1.51. The third-order valence-electron chi connectivity index (χ3n) is 7.21. The smallest absolute Gasteiger partial charge is 0.311 e.